The van der Waals surface area contributed by atoms with E-state index >= 15 is 0 Å². The van der Waals surface area contributed by atoms with E-state index in [9.17, 15) is 10.1 Å². The Hall–Kier alpha value is -2.00. The summed E-state index contributed by atoms with van der Waals surface area (Å²) in [6.45, 7) is 0.810. The molecular formula is C7H12N6O3. The minimum atomic E-state index is -0.607. The van der Waals surface area contributed by atoms with Crippen molar-refractivity contribution in [1.82, 2.24) is 9.97 Å². The summed E-state index contributed by atoms with van der Waals surface area (Å²) in [5.74, 6) is 5.18. The number of nitrogens with two attached hydrogens (primary N) is 1. The lowest BCUT2D eigenvalue weighted by Crippen LogP contribution is -2.15. The number of aromatic nitrogens is 2. The van der Waals surface area contributed by atoms with Crippen LogP contribution in [0.25, 0.3) is 0 Å². The third kappa shape index (κ3) is 2.74. The Bertz CT molecular complexity index is 371. The summed E-state index contributed by atoms with van der Waals surface area (Å²) in [5, 5.41) is 13.5. The summed E-state index contributed by atoms with van der Waals surface area (Å²) in [7, 11) is 1.53. The van der Waals surface area contributed by atoms with E-state index in [-0.39, 0.29) is 17.3 Å². The number of methoxy groups -OCH3 is 1. The van der Waals surface area contributed by atoms with Crippen LogP contribution in [0.5, 0.6) is 0 Å². The van der Waals surface area contributed by atoms with Crippen LogP contribution in [0.4, 0.5) is 17.3 Å². The summed E-state index contributed by atoms with van der Waals surface area (Å²) in [6, 6.07) is 0. The third-order valence-electron chi connectivity index (χ3n) is 1.74. The number of rotatable bonds is 6. The second-order valence-corrected chi connectivity index (χ2v) is 2.74. The van der Waals surface area contributed by atoms with Crippen molar-refractivity contribution in [3.05, 3.63) is 16.4 Å². The maximum Gasteiger partial charge on any atom is 0.354 e. The van der Waals surface area contributed by atoms with Gasteiger partial charge in [0, 0.05) is 13.7 Å². The Morgan fingerprint density at radius 1 is 1.56 bits per heavy atom. The molecule has 9 nitrogen and oxygen atoms in total. The van der Waals surface area contributed by atoms with E-state index in [2.05, 4.69) is 20.7 Å². The molecule has 0 atom stereocenters. The van der Waals surface area contributed by atoms with Gasteiger partial charge in [0.25, 0.3) is 0 Å². The van der Waals surface area contributed by atoms with Crippen LogP contribution in [0, 0.1) is 10.1 Å². The molecule has 0 bridgehead atoms. The van der Waals surface area contributed by atoms with E-state index < -0.39 is 4.92 Å². The van der Waals surface area contributed by atoms with Gasteiger partial charge < -0.3 is 15.5 Å². The van der Waals surface area contributed by atoms with E-state index in [1.807, 2.05) is 0 Å². The summed E-state index contributed by atoms with van der Waals surface area (Å²) in [5.41, 5.74) is 1.85. The minimum absolute atomic E-state index is 0.0417. The van der Waals surface area contributed by atoms with Crippen molar-refractivity contribution in [3.8, 4) is 0 Å². The van der Waals surface area contributed by atoms with Gasteiger partial charge in [-0.2, -0.15) is 0 Å². The zero-order valence-corrected chi connectivity index (χ0v) is 8.64. The summed E-state index contributed by atoms with van der Waals surface area (Å²) >= 11 is 0. The van der Waals surface area contributed by atoms with Crippen LogP contribution in [0.3, 0.4) is 0 Å². The Morgan fingerprint density at radius 2 is 2.25 bits per heavy atom. The van der Waals surface area contributed by atoms with Crippen molar-refractivity contribution in [3.63, 3.8) is 0 Å². The molecule has 0 unspecified atom stereocenters. The van der Waals surface area contributed by atoms with Crippen molar-refractivity contribution >= 4 is 17.3 Å². The molecule has 0 saturated heterocycles. The monoisotopic (exact) mass is 228 g/mol. The highest BCUT2D eigenvalue weighted by Crippen LogP contribution is 2.27. The van der Waals surface area contributed by atoms with E-state index in [4.69, 9.17) is 10.6 Å². The van der Waals surface area contributed by atoms with E-state index in [1.54, 1.807) is 0 Å². The molecule has 0 aliphatic carbocycles. The third-order valence-corrected chi connectivity index (χ3v) is 1.74. The number of hydrogen-bond donors (Lipinski definition) is 3. The first-order valence-corrected chi connectivity index (χ1v) is 4.39. The topological polar surface area (TPSA) is 128 Å². The number of anilines is 2. The van der Waals surface area contributed by atoms with Gasteiger partial charge in [0.1, 0.15) is 6.33 Å². The standard InChI is InChI=1S/C7H12N6O3/c1-16-3-2-9-6-5(13(14)15)7(12-8)11-4-10-6/h4H,2-3,8H2,1H3,(H2,9,10,11,12). The van der Waals surface area contributed by atoms with Crippen LogP contribution in [0.1, 0.15) is 0 Å². The van der Waals surface area contributed by atoms with Gasteiger partial charge in [0.2, 0.25) is 11.6 Å². The van der Waals surface area contributed by atoms with Crippen LogP contribution >= 0.6 is 0 Å². The Labute approximate surface area is 91.1 Å². The first-order chi connectivity index (χ1) is 7.70. The number of nitro groups is 1. The molecule has 0 spiro atoms. The van der Waals surface area contributed by atoms with Gasteiger partial charge in [-0.3, -0.25) is 10.1 Å². The highest BCUT2D eigenvalue weighted by atomic mass is 16.6. The lowest BCUT2D eigenvalue weighted by Gasteiger charge is -2.07. The van der Waals surface area contributed by atoms with Crippen LogP contribution in [0.2, 0.25) is 0 Å². The maximum atomic E-state index is 10.8. The fourth-order valence-electron chi connectivity index (χ4n) is 1.06. The minimum Gasteiger partial charge on any atom is -0.383 e. The lowest BCUT2D eigenvalue weighted by atomic mass is 10.4. The van der Waals surface area contributed by atoms with Crippen molar-refractivity contribution in [2.24, 2.45) is 5.84 Å². The highest BCUT2D eigenvalue weighted by molar-refractivity contribution is 5.68. The van der Waals surface area contributed by atoms with E-state index in [0.717, 1.165) is 0 Å². The largest absolute Gasteiger partial charge is 0.383 e. The number of hydrazine groups is 1. The van der Waals surface area contributed by atoms with Crippen LogP contribution < -0.4 is 16.6 Å². The molecular weight excluding hydrogens is 216 g/mol. The molecule has 0 radical (unpaired) electrons. The van der Waals surface area contributed by atoms with Gasteiger partial charge in [-0.15, -0.1) is 0 Å². The van der Waals surface area contributed by atoms with Gasteiger partial charge in [0.05, 0.1) is 11.5 Å². The van der Waals surface area contributed by atoms with E-state index in [0.29, 0.717) is 13.2 Å². The SMILES string of the molecule is COCCNc1ncnc(NN)c1[N+](=O)[O-]. The second kappa shape index (κ2) is 5.78. The number of ether oxygens (including phenoxy) is 1. The molecule has 1 heterocycles. The first kappa shape index (κ1) is 12.1. The Kier molecular flexibility index (Phi) is 4.36. The summed E-state index contributed by atoms with van der Waals surface area (Å²) in [6.07, 6.45) is 1.18. The summed E-state index contributed by atoms with van der Waals surface area (Å²) in [4.78, 5) is 17.6. The smallest absolute Gasteiger partial charge is 0.354 e. The molecule has 0 saturated carbocycles. The average molecular weight is 228 g/mol. The van der Waals surface area contributed by atoms with Crippen molar-refractivity contribution in [2.75, 3.05) is 31.0 Å². The number of hydrogen-bond acceptors (Lipinski definition) is 8. The normalized spacial score (nSPS) is 9.88. The van der Waals surface area contributed by atoms with Crippen LogP contribution in [-0.2, 0) is 4.74 Å². The van der Waals surface area contributed by atoms with Gasteiger partial charge in [-0.25, -0.2) is 15.8 Å². The second-order valence-electron chi connectivity index (χ2n) is 2.74. The molecule has 4 N–H and O–H groups in total. The Balaban J connectivity index is 2.93. The number of nitrogen functional groups attached to an aromatic ring is 1. The molecule has 0 amide bonds. The summed E-state index contributed by atoms with van der Waals surface area (Å²) < 4.78 is 4.80. The van der Waals surface area contributed by atoms with Crippen molar-refractivity contribution in [1.29, 1.82) is 0 Å². The molecule has 88 valence electrons. The number of nitrogens with one attached hydrogen (secondary N) is 2. The first-order valence-electron chi connectivity index (χ1n) is 4.39. The molecule has 0 aromatic carbocycles. The average Bonchev–Trinajstić information content (AvgIpc) is 2.28. The fourth-order valence-corrected chi connectivity index (χ4v) is 1.06. The molecule has 1 aromatic rings. The van der Waals surface area contributed by atoms with Gasteiger partial charge in [-0.1, -0.05) is 0 Å². The molecule has 1 aromatic heterocycles. The predicted octanol–water partition coefficient (Wildman–Crippen LogP) is -0.271. The van der Waals surface area contributed by atoms with Crippen molar-refractivity contribution < 1.29 is 9.66 Å². The Morgan fingerprint density at radius 3 is 2.81 bits per heavy atom. The highest BCUT2D eigenvalue weighted by Gasteiger charge is 2.21. The zero-order chi connectivity index (χ0) is 12.0. The molecule has 0 aliphatic rings. The maximum absolute atomic E-state index is 10.8. The zero-order valence-electron chi connectivity index (χ0n) is 8.64. The molecule has 0 aliphatic heterocycles. The van der Waals surface area contributed by atoms with Crippen molar-refractivity contribution in [2.45, 2.75) is 0 Å². The lowest BCUT2D eigenvalue weighted by molar-refractivity contribution is -0.383. The molecule has 9 heteroatoms. The molecule has 1 rings (SSSR count). The van der Waals surface area contributed by atoms with Gasteiger partial charge in [-0.05, 0) is 0 Å². The van der Waals surface area contributed by atoms with Crippen LogP contribution in [-0.4, -0.2) is 35.2 Å². The fraction of sp³-hybridized carbons (Fsp3) is 0.429. The van der Waals surface area contributed by atoms with Gasteiger partial charge in [0.15, 0.2) is 0 Å². The number of nitrogens with zero attached hydrogens (tertiary/aromatic N) is 3. The van der Waals surface area contributed by atoms with E-state index in [1.165, 1.54) is 13.4 Å². The molecule has 0 fully saturated rings. The van der Waals surface area contributed by atoms with Gasteiger partial charge >= 0.3 is 5.69 Å². The quantitative estimate of drug-likeness (QED) is 0.262. The predicted molar refractivity (Wildman–Crippen MR) is 56.9 cm³/mol. The van der Waals surface area contributed by atoms with Crippen LogP contribution in [0.15, 0.2) is 6.33 Å². The molecule has 16 heavy (non-hydrogen) atoms.